The zero-order chi connectivity index (χ0) is 14.4. The Morgan fingerprint density at radius 1 is 1.25 bits per heavy atom. The topological polar surface area (TPSA) is 29.5 Å². The van der Waals surface area contributed by atoms with Crippen molar-refractivity contribution in [3.8, 4) is 0 Å². The molecule has 0 amide bonds. The fraction of sp³-hybridized carbons (Fsp3) is 0.588. The molecule has 1 saturated carbocycles. The van der Waals surface area contributed by atoms with Gasteiger partial charge in [-0.2, -0.15) is 0 Å². The molecule has 0 aromatic heterocycles. The molecule has 0 unspecified atom stereocenters. The molecule has 0 spiro atoms. The standard InChI is InChI=1S/C17H25NO2/c1-18(16-10-5-3-4-6-11-16)13-14-8-7-9-15(12-14)17(19)20-2/h7-9,12,16H,3-6,10-11,13H2,1-2H3. The van der Waals surface area contributed by atoms with Crippen LogP contribution in [0.4, 0.5) is 0 Å². The molecule has 1 fully saturated rings. The third-order valence-corrected chi connectivity index (χ3v) is 4.23. The molecule has 1 aliphatic carbocycles. The normalized spacial score (nSPS) is 16.9. The van der Waals surface area contributed by atoms with Gasteiger partial charge >= 0.3 is 5.97 Å². The smallest absolute Gasteiger partial charge is 0.337 e. The van der Waals surface area contributed by atoms with Gasteiger partial charge in [-0.3, -0.25) is 4.90 Å². The number of carbonyl (C=O) groups is 1. The Morgan fingerprint density at radius 2 is 1.95 bits per heavy atom. The number of carbonyl (C=O) groups excluding carboxylic acids is 1. The van der Waals surface area contributed by atoms with Crippen LogP contribution in [0.15, 0.2) is 24.3 Å². The Bertz CT molecular complexity index is 436. The summed E-state index contributed by atoms with van der Waals surface area (Å²) in [6.45, 7) is 0.898. The average Bonchev–Trinajstić information content (AvgIpc) is 2.76. The highest BCUT2D eigenvalue weighted by molar-refractivity contribution is 5.89. The minimum Gasteiger partial charge on any atom is -0.465 e. The molecular weight excluding hydrogens is 250 g/mol. The molecule has 1 aromatic rings. The van der Waals surface area contributed by atoms with E-state index in [1.165, 1.54) is 51.2 Å². The molecule has 0 bridgehead atoms. The molecule has 1 aliphatic rings. The fourth-order valence-corrected chi connectivity index (χ4v) is 3.03. The average molecular weight is 275 g/mol. The summed E-state index contributed by atoms with van der Waals surface area (Å²) in [5.74, 6) is -0.260. The lowest BCUT2D eigenvalue weighted by atomic mass is 10.1. The van der Waals surface area contributed by atoms with Crippen LogP contribution in [0.3, 0.4) is 0 Å². The van der Waals surface area contributed by atoms with E-state index in [0.717, 1.165) is 6.54 Å². The van der Waals surface area contributed by atoms with Crippen molar-refractivity contribution < 1.29 is 9.53 Å². The molecule has 0 atom stereocenters. The van der Waals surface area contributed by atoms with Crippen LogP contribution < -0.4 is 0 Å². The van der Waals surface area contributed by atoms with Crippen molar-refractivity contribution in [2.24, 2.45) is 0 Å². The maximum absolute atomic E-state index is 11.6. The van der Waals surface area contributed by atoms with E-state index in [1.807, 2.05) is 12.1 Å². The largest absolute Gasteiger partial charge is 0.465 e. The lowest BCUT2D eigenvalue weighted by Gasteiger charge is -2.27. The van der Waals surface area contributed by atoms with Crippen LogP contribution >= 0.6 is 0 Å². The minimum absolute atomic E-state index is 0.260. The van der Waals surface area contributed by atoms with Crippen molar-refractivity contribution in [2.45, 2.75) is 51.1 Å². The van der Waals surface area contributed by atoms with Crippen LogP contribution in [0, 0.1) is 0 Å². The molecule has 0 saturated heterocycles. The molecule has 0 radical (unpaired) electrons. The molecule has 110 valence electrons. The Labute approximate surface area is 121 Å². The summed E-state index contributed by atoms with van der Waals surface area (Å²) < 4.78 is 4.78. The number of benzene rings is 1. The highest BCUT2D eigenvalue weighted by Crippen LogP contribution is 2.22. The summed E-state index contributed by atoms with van der Waals surface area (Å²) in [5.41, 5.74) is 1.82. The van der Waals surface area contributed by atoms with E-state index in [-0.39, 0.29) is 5.97 Å². The lowest BCUT2D eigenvalue weighted by molar-refractivity contribution is 0.0600. The predicted molar refractivity (Wildman–Crippen MR) is 80.7 cm³/mol. The molecule has 3 heteroatoms. The third kappa shape index (κ3) is 4.07. The zero-order valence-corrected chi connectivity index (χ0v) is 12.6. The van der Waals surface area contributed by atoms with Crippen molar-refractivity contribution in [1.82, 2.24) is 4.90 Å². The molecule has 3 nitrogen and oxygen atoms in total. The number of rotatable bonds is 4. The minimum atomic E-state index is -0.260. The first-order valence-corrected chi connectivity index (χ1v) is 7.58. The van der Waals surface area contributed by atoms with Gasteiger partial charge in [0.1, 0.15) is 0 Å². The van der Waals surface area contributed by atoms with Gasteiger partial charge in [-0.25, -0.2) is 4.79 Å². The maximum atomic E-state index is 11.6. The van der Waals surface area contributed by atoms with E-state index in [1.54, 1.807) is 6.07 Å². The van der Waals surface area contributed by atoms with Gasteiger partial charge in [0.2, 0.25) is 0 Å². The molecule has 1 aromatic carbocycles. The van der Waals surface area contributed by atoms with Gasteiger partial charge in [0, 0.05) is 12.6 Å². The van der Waals surface area contributed by atoms with E-state index in [4.69, 9.17) is 4.74 Å². The first-order valence-electron chi connectivity index (χ1n) is 7.58. The van der Waals surface area contributed by atoms with Gasteiger partial charge in [-0.1, -0.05) is 37.8 Å². The number of esters is 1. The molecule has 0 N–H and O–H groups in total. The maximum Gasteiger partial charge on any atom is 0.337 e. The number of nitrogens with zero attached hydrogens (tertiary/aromatic N) is 1. The van der Waals surface area contributed by atoms with Crippen molar-refractivity contribution >= 4 is 5.97 Å². The summed E-state index contributed by atoms with van der Waals surface area (Å²) in [6.07, 6.45) is 8.04. The number of hydrogen-bond donors (Lipinski definition) is 0. The molecular formula is C17H25NO2. The van der Waals surface area contributed by atoms with Gasteiger partial charge in [-0.15, -0.1) is 0 Å². The second kappa shape index (κ2) is 7.44. The van der Waals surface area contributed by atoms with Crippen LogP contribution in [0.5, 0.6) is 0 Å². The zero-order valence-electron chi connectivity index (χ0n) is 12.6. The van der Waals surface area contributed by atoms with Gasteiger partial charge in [0.05, 0.1) is 12.7 Å². The van der Waals surface area contributed by atoms with Crippen molar-refractivity contribution in [2.75, 3.05) is 14.2 Å². The lowest BCUT2D eigenvalue weighted by Crippen LogP contribution is -2.30. The van der Waals surface area contributed by atoms with Gasteiger partial charge < -0.3 is 4.74 Å². The van der Waals surface area contributed by atoms with Crippen LogP contribution in [0.25, 0.3) is 0 Å². The SMILES string of the molecule is COC(=O)c1cccc(CN(C)C2CCCCCC2)c1. The van der Waals surface area contributed by atoms with Crippen LogP contribution in [-0.4, -0.2) is 31.1 Å². The summed E-state index contributed by atoms with van der Waals surface area (Å²) in [7, 11) is 3.62. The monoisotopic (exact) mass is 275 g/mol. The number of ether oxygens (including phenoxy) is 1. The second-order valence-electron chi connectivity index (χ2n) is 5.75. The highest BCUT2D eigenvalue weighted by Gasteiger charge is 2.17. The molecule has 0 aliphatic heterocycles. The predicted octanol–water partition coefficient (Wildman–Crippen LogP) is 3.63. The first-order chi connectivity index (χ1) is 9.70. The van der Waals surface area contributed by atoms with Crippen molar-refractivity contribution in [3.05, 3.63) is 35.4 Å². The van der Waals surface area contributed by atoms with Crippen LogP contribution in [0.1, 0.15) is 54.4 Å². The van der Waals surface area contributed by atoms with E-state index in [0.29, 0.717) is 11.6 Å². The Kier molecular flexibility index (Phi) is 5.60. The van der Waals surface area contributed by atoms with Crippen molar-refractivity contribution in [1.29, 1.82) is 0 Å². The summed E-state index contributed by atoms with van der Waals surface area (Å²) in [5, 5.41) is 0. The molecule has 0 heterocycles. The van der Waals surface area contributed by atoms with E-state index < -0.39 is 0 Å². The van der Waals surface area contributed by atoms with Crippen molar-refractivity contribution in [3.63, 3.8) is 0 Å². The second-order valence-corrected chi connectivity index (χ2v) is 5.75. The van der Waals surface area contributed by atoms with Crippen LogP contribution in [-0.2, 0) is 11.3 Å². The van der Waals surface area contributed by atoms with E-state index >= 15 is 0 Å². The summed E-state index contributed by atoms with van der Waals surface area (Å²) in [4.78, 5) is 14.0. The van der Waals surface area contributed by atoms with Gasteiger partial charge in [0.15, 0.2) is 0 Å². The van der Waals surface area contributed by atoms with E-state index in [9.17, 15) is 4.79 Å². The number of hydrogen-bond acceptors (Lipinski definition) is 3. The Hall–Kier alpha value is -1.35. The molecule has 20 heavy (non-hydrogen) atoms. The first kappa shape index (κ1) is 15.0. The molecule has 2 rings (SSSR count). The Balaban J connectivity index is 1.99. The van der Waals surface area contributed by atoms with Gasteiger partial charge in [-0.05, 0) is 37.6 Å². The third-order valence-electron chi connectivity index (χ3n) is 4.23. The van der Waals surface area contributed by atoms with E-state index in [2.05, 4.69) is 18.0 Å². The van der Waals surface area contributed by atoms with Gasteiger partial charge in [0.25, 0.3) is 0 Å². The summed E-state index contributed by atoms with van der Waals surface area (Å²) in [6, 6.07) is 8.45. The quantitative estimate of drug-likeness (QED) is 0.621. The fourth-order valence-electron chi connectivity index (χ4n) is 3.03. The highest BCUT2D eigenvalue weighted by atomic mass is 16.5. The summed E-state index contributed by atoms with van der Waals surface area (Å²) >= 11 is 0. The Morgan fingerprint density at radius 3 is 2.60 bits per heavy atom. The number of methoxy groups -OCH3 is 1. The van der Waals surface area contributed by atoms with Crippen LogP contribution in [0.2, 0.25) is 0 Å².